The summed E-state index contributed by atoms with van der Waals surface area (Å²) in [5.41, 5.74) is 6.76. The van der Waals surface area contributed by atoms with E-state index in [1.165, 1.54) is 10.9 Å². The Hall–Kier alpha value is -2.46. The molecule has 1 amide bonds. The van der Waals surface area contributed by atoms with Crippen LogP contribution in [0.25, 0.3) is 11.2 Å². The van der Waals surface area contributed by atoms with Gasteiger partial charge in [0.2, 0.25) is 12.2 Å². The topological polar surface area (TPSA) is 318 Å². The number of carbonyl (C=O) groups is 1. The lowest BCUT2D eigenvalue weighted by Crippen LogP contribution is -2.34. The molecular formula is C16H21N8O14P3S. The van der Waals surface area contributed by atoms with Gasteiger partial charge < -0.3 is 49.8 Å². The monoisotopic (exact) mass is 674 g/mol. The molecule has 2 aliphatic rings. The predicted molar refractivity (Wildman–Crippen MR) is 136 cm³/mol. The van der Waals surface area contributed by atoms with Crippen molar-refractivity contribution in [3.8, 4) is 0 Å². The number of phosphoric ester groups is 1. The van der Waals surface area contributed by atoms with Gasteiger partial charge in [-0.25, -0.2) is 18.7 Å². The lowest BCUT2D eigenvalue weighted by atomic mass is 10.1. The van der Waals surface area contributed by atoms with E-state index in [4.69, 9.17) is 46.5 Å². The molecule has 2 fully saturated rings. The van der Waals surface area contributed by atoms with Crippen molar-refractivity contribution in [2.45, 2.75) is 37.8 Å². The van der Waals surface area contributed by atoms with Gasteiger partial charge in [0.15, 0.2) is 11.9 Å². The molecule has 0 aliphatic carbocycles. The third-order valence-electron chi connectivity index (χ3n) is 5.57. The van der Waals surface area contributed by atoms with Gasteiger partial charge in [0, 0.05) is 6.07 Å². The summed E-state index contributed by atoms with van der Waals surface area (Å²) in [7, 11) is -16.9. The number of nitrogens with one attached hydrogen (secondary N) is 3. The average Bonchev–Trinajstić information content (AvgIpc) is 3.59. The van der Waals surface area contributed by atoms with Crippen LogP contribution in [0.2, 0.25) is 0 Å². The number of phosphoric acid groups is 3. The van der Waals surface area contributed by atoms with Crippen molar-refractivity contribution in [2.24, 2.45) is 0 Å². The summed E-state index contributed by atoms with van der Waals surface area (Å²) in [4.78, 5) is 60.5. The third-order valence-corrected chi connectivity index (χ3v) is 9.67. The SMILES string of the molecule is Cc1cc(NC(=O)[C@@H]2OC3C(COP(=O)(O)OP(=O)(O)OP(=O)(O)O)OC(n4cnc5c(=S)[nH]c(N)nc54)C3O2)[nH]n1. The number of aromatic nitrogens is 6. The molecule has 26 heteroatoms. The van der Waals surface area contributed by atoms with E-state index >= 15 is 0 Å². The van der Waals surface area contributed by atoms with Gasteiger partial charge in [-0.2, -0.15) is 18.7 Å². The largest absolute Gasteiger partial charge is 0.490 e. The Labute approximate surface area is 237 Å². The number of H-pyrrole nitrogens is 2. The summed E-state index contributed by atoms with van der Waals surface area (Å²) in [6, 6.07) is 1.54. The van der Waals surface area contributed by atoms with Crippen LogP contribution >= 0.6 is 35.7 Å². The van der Waals surface area contributed by atoms with Crippen LogP contribution in [0.5, 0.6) is 0 Å². The second-order valence-corrected chi connectivity index (χ2v) is 13.5. The van der Waals surface area contributed by atoms with Crippen LogP contribution in [0.1, 0.15) is 11.9 Å². The maximum absolute atomic E-state index is 12.9. The minimum Gasteiger partial charge on any atom is -0.369 e. The van der Waals surface area contributed by atoms with Crippen molar-refractivity contribution in [3.05, 3.63) is 22.7 Å². The van der Waals surface area contributed by atoms with Gasteiger partial charge in [0.05, 0.1) is 18.6 Å². The Balaban J connectivity index is 1.38. The first-order chi connectivity index (χ1) is 19.5. The van der Waals surface area contributed by atoms with Crippen LogP contribution in [0, 0.1) is 11.6 Å². The lowest BCUT2D eigenvalue weighted by Gasteiger charge is -2.22. The van der Waals surface area contributed by atoms with Gasteiger partial charge in [-0.05, 0) is 6.92 Å². The maximum atomic E-state index is 12.9. The number of aromatic amines is 2. The number of hydrogen-bond donors (Lipinski definition) is 8. The van der Waals surface area contributed by atoms with E-state index in [0.717, 1.165) is 0 Å². The van der Waals surface area contributed by atoms with Gasteiger partial charge in [0.25, 0.3) is 5.91 Å². The Morgan fingerprint density at radius 2 is 1.88 bits per heavy atom. The lowest BCUT2D eigenvalue weighted by molar-refractivity contribution is -0.166. The molecule has 9 N–H and O–H groups in total. The number of imidazole rings is 1. The molecule has 0 spiro atoms. The van der Waals surface area contributed by atoms with E-state index < -0.39 is 66.8 Å². The summed E-state index contributed by atoms with van der Waals surface area (Å²) >= 11 is 5.22. The minimum absolute atomic E-state index is 0.0521. The number of fused-ring (bicyclic) bond motifs is 2. The highest BCUT2D eigenvalue weighted by molar-refractivity contribution is 7.71. The molecule has 6 unspecified atom stereocenters. The number of nitrogen functional groups attached to an aromatic ring is 1. The number of anilines is 2. The van der Waals surface area contributed by atoms with Crippen LogP contribution < -0.4 is 11.1 Å². The van der Waals surface area contributed by atoms with Crippen LogP contribution in [0.3, 0.4) is 0 Å². The zero-order chi connectivity index (χ0) is 30.6. The molecule has 5 rings (SSSR count). The molecule has 0 saturated carbocycles. The number of hydrogen-bond acceptors (Lipinski definition) is 15. The molecule has 7 atom stereocenters. The fraction of sp³-hybridized carbons (Fsp3) is 0.438. The first-order valence-corrected chi connectivity index (χ1v) is 16.2. The van der Waals surface area contributed by atoms with Gasteiger partial charge in [-0.1, -0.05) is 12.2 Å². The third kappa shape index (κ3) is 6.85. The van der Waals surface area contributed by atoms with Crippen LogP contribution in [0.15, 0.2) is 12.4 Å². The van der Waals surface area contributed by atoms with Crippen molar-refractivity contribution >= 4 is 64.5 Å². The van der Waals surface area contributed by atoms with E-state index in [1.807, 2.05) is 0 Å². The maximum Gasteiger partial charge on any atom is 0.490 e. The highest BCUT2D eigenvalue weighted by atomic mass is 32.1. The summed E-state index contributed by atoms with van der Waals surface area (Å²) in [6.07, 6.45) is -4.99. The van der Waals surface area contributed by atoms with Crippen LogP contribution in [0.4, 0.5) is 11.8 Å². The molecule has 42 heavy (non-hydrogen) atoms. The number of nitrogens with two attached hydrogens (primary N) is 1. The molecule has 0 aromatic carbocycles. The molecule has 230 valence electrons. The Bertz CT molecular complexity index is 1720. The molecule has 2 saturated heterocycles. The number of amides is 1. The quantitative estimate of drug-likeness (QED) is 0.104. The number of carbonyl (C=O) groups excluding carboxylic acids is 1. The van der Waals surface area contributed by atoms with E-state index in [1.54, 1.807) is 13.0 Å². The summed E-state index contributed by atoms with van der Waals surface area (Å²) in [5, 5.41) is 9.01. The molecule has 22 nitrogen and oxygen atoms in total. The fourth-order valence-electron chi connectivity index (χ4n) is 4.09. The van der Waals surface area contributed by atoms with Crippen molar-refractivity contribution in [3.63, 3.8) is 0 Å². The highest BCUT2D eigenvalue weighted by Crippen LogP contribution is 2.66. The van der Waals surface area contributed by atoms with Crippen LogP contribution in [-0.4, -0.2) is 86.4 Å². The second kappa shape index (κ2) is 11.2. The average molecular weight is 674 g/mol. The first kappa shape index (κ1) is 31.0. The van der Waals surface area contributed by atoms with E-state index in [9.17, 15) is 28.3 Å². The molecule has 2 aliphatic heterocycles. The summed E-state index contributed by atoms with van der Waals surface area (Å²) < 4.78 is 66.0. The van der Waals surface area contributed by atoms with Gasteiger partial charge in [0.1, 0.15) is 34.3 Å². The normalized spacial score (nSPS) is 27.0. The smallest absolute Gasteiger partial charge is 0.369 e. The minimum atomic E-state index is -5.77. The standard InChI is InChI=1S/C16H21N8O14P3S/c1-5-2-7(23-22-5)19-12(25)15-35-9-6(3-33-40(29,30)38-41(31,32)37-39(26,27)28)34-14(10(9)36-15)24-4-18-8-11(24)20-16(17)21-13(8)42/h2,4,6,9-10,14-15H,3H2,1H3,(H,29,30)(H,31,32)(H2,26,27,28)(H3,17,20,21,42)(H2,19,22,23,25)/t6?,9?,10?,14?,15-/m1/s1. The van der Waals surface area contributed by atoms with Gasteiger partial charge in [-0.3, -0.25) is 19.0 Å². The molecule has 0 radical (unpaired) electrons. The summed E-state index contributed by atoms with van der Waals surface area (Å²) in [5.74, 6) is -0.560. The van der Waals surface area contributed by atoms with Gasteiger partial charge in [-0.15, -0.1) is 0 Å². The van der Waals surface area contributed by atoms with Crippen molar-refractivity contribution in [2.75, 3.05) is 17.7 Å². The number of aryl methyl sites for hydroxylation is 1. The molecule has 3 aromatic heterocycles. The molecular weight excluding hydrogens is 653 g/mol. The van der Waals surface area contributed by atoms with E-state index in [0.29, 0.717) is 5.69 Å². The molecule has 5 heterocycles. The molecule has 0 bridgehead atoms. The van der Waals surface area contributed by atoms with Crippen LogP contribution in [-0.2, 0) is 45.8 Å². The Morgan fingerprint density at radius 1 is 1.17 bits per heavy atom. The zero-order valence-electron chi connectivity index (χ0n) is 20.7. The Morgan fingerprint density at radius 3 is 2.55 bits per heavy atom. The predicted octanol–water partition coefficient (Wildman–Crippen LogP) is 0.0921. The first-order valence-electron chi connectivity index (χ1n) is 11.3. The van der Waals surface area contributed by atoms with Crippen molar-refractivity contribution in [1.29, 1.82) is 0 Å². The summed E-state index contributed by atoms with van der Waals surface area (Å²) in [6.45, 7) is 0.798. The van der Waals surface area contributed by atoms with Crippen molar-refractivity contribution in [1.82, 2.24) is 29.7 Å². The van der Waals surface area contributed by atoms with E-state index in [-0.39, 0.29) is 27.6 Å². The zero-order valence-corrected chi connectivity index (χ0v) is 24.2. The van der Waals surface area contributed by atoms with E-state index in [2.05, 4.69) is 39.1 Å². The number of ether oxygens (including phenoxy) is 3. The Kier molecular flexibility index (Phi) is 8.28. The number of nitrogens with zero attached hydrogens (tertiary/aromatic N) is 4. The van der Waals surface area contributed by atoms with Crippen molar-refractivity contribution < 1.29 is 65.4 Å². The fourth-order valence-corrected chi connectivity index (χ4v) is 7.37. The second-order valence-electron chi connectivity index (χ2n) is 8.67. The number of rotatable bonds is 10. The highest BCUT2D eigenvalue weighted by Gasteiger charge is 2.56. The molecule has 3 aromatic rings. The van der Waals surface area contributed by atoms with Gasteiger partial charge >= 0.3 is 23.5 Å².